The Bertz CT molecular complexity index is 583. The Morgan fingerprint density at radius 3 is 3.10 bits per heavy atom. The van der Waals surface area contributed by atoms with Crippen molar-refractivity contribution >= 4 is 5.91 Å². The van der Waals surface area contributed by atoms with Crippen LogP contribution in [0.2, 0.25) is 0 Å². The number of carbonyl (C=O) groups is 1. The molecule has 106 valence electrons. The van der Waals surface area contributed by atoms with Crippen molar-refractivity contribution in [2.45, 2.75) is 19.9 Å². The van der Waals surface area contributed by atoms with E-state index in [1.54, 1.807) is 19.4 Å². The smallest absolute Gasteiger partial charge is 0.270 e. The number of aryl methyl sites for hydroxylation is 1. The number of aromatic nitrogens is 3. The maximum atomic E-state index is 11.9. The lowest BCUT2D eigenvalue weighted by Gasteiger charge is -2.03. The second kappa shape index (κ2) is 6.76. The summed E-state index contributed by atoms with van der Waals surface area (Å²) in [5.41, 5.74) is 1.21. The predicted molar refractivity (Wildman–Crippen MR) is 70.0 cm³/mol. The summed E-state index contributed by atoms with van der Waals surface area (Å²) in [6.07, 6.45) is 2.16. The Hall–Kier alpha value is -2.28. The molecule has 0 saturated heterocycles. The predicted octanol–water partition coefficient (Wildman–Crippen LogP) is 0.892. The first-order valence-corrected chi connectivity index (χ1v) is 6.21. The monoisotopic (exact) mass is 276 g/mol. The molecule has 2 heterocycles. The average molecular weight is 276 g/mol. The molecule has 0 aliphatic rings. The van der Waals surface area contributed by atoms with Gasteiger partial charge in [0, 0.05) is 19.7 Å². The zero-order valence-corrected chi connectivity index (χ0v) is 11.4. The van der Waals surface area contributed by atoms with Crippen LogP contribution in [0.5, 0.6) is 0 Å². The molecule has 2 rings (SSSR count). The van der Waals surface area contributed by atoms with Gasteiger partial charge in [0.25, 0.3) is 5.91 Å². The highest BCUT2D eigenvalue weighted by Gasteiger charge is 2.12. The molecule has 2 aromatic rings. The van der Waals surface area contributed by atoms with Crippen molar-refractivity contribution in [2.75, 3.05) is 13.7 Å². The van der Waals surface area contributed by atoms with Gasteiger partial charge < -0.3 is 14.6 Å². The van der Waals surface area contributed by atoms with Gasteiger partial charge in [0.05, 0.1) is 13.2 Å². The van der Waals surface area contributed by atoms with E-state index in [-0.39, 0.29) is 12.5 Å². The standard InChI is InChI=1S/C13H16N4O3/c1-9-4-3-6-14-12(9)13(18)15-8-11-16-10(17-20-11)5-7-19-2/h3-4,6H,5,7-8H2,1-2H3,(H,15,18). The number of amides is 1. The van der Waals surface area contributed by atoms with Gasteiger partial charge in [-0.05, 0) is 18.6 Å². The number of rotatable bonds is 6. The molecule has 1 amide bonds. The molecule has 0 fully saturated rings. The van der Waals surface area contributed by atoms with Gasteiger partial charge in [0.15, 0.2) is 5.82 Å². The summed E-state index contributed by atoms with van der Waals surface area (Å²) in [4.78, 5) is 20.1. The van der Waals surface area contributed by atoms with E-state index in [0.717, 1.165) is 5.56 Å². The number of hydrogen-bond acceptors (Lipinski definition) is 6. The molecule has 0 aliphatic heterocycles. The third-order valence-corrected chi connectivity index (χ3v) is 2.66. The summed E-state index contributed by atoms with van der Waals surface area (Å²) < 4.78 is 9.95. The molecule has 0 aromatic carbocycles. The van der Waals surface area contributed by atoms with Crippen LogP contribution in [0, 0.1) is 6.92 Å². The number of hydrogen-bond donors (Lipinski definition) is 1. The molecule has 7 nitrogen and oxygen atoms in total. The lowest BCUT2D eigenvalue weighted by Crippen LogP contribution is -2.24. The largest absolute Gasteiger partial charge is 0.384 e. The maximum absolute atomic E-state index is 11.9. The zero-order chi connectivity index (χ0) is 14.4. The van der Waals surface area contributed by atoms with Gasteiger partial charge in [-0.1, -0.05) is 11.2 Å². The third-order valence-electron chi connectivity index (χ3n) is 2.66. The molecular formula is C13H16N4O3. The Balaban J connectivity index is 1.90. The van der Waals surface area contributed by atoms with Crippen LogP contribution in [0.3, 0.4) is 0 Å². The minimum Gasteiger partial charge on any atom is -0.384 e. The Morgan fingerprint density at radius 2 is 2.35 bits per heavy atom. The molecule has 2 aromatic heterocycles. The number of carbonyl (C=O) groups excluding carboxylic acids is 1. The van der Waals surface area contributed by atoms with Crippen LogP contribution in [-0.2, 0) is 17.7 Å². The third kappa shape index (κ3) is 3.61. The average Bonchev–Trinajstić information content (AvgIpc) is 2.91. The van der Waals surface area contributed by atoms with Crippen molar-refractivity contribution in [2.24, 2.45) is 0 Å². The summed E-state index contributed by atoms with van der Waals surface area (Å²) in [6.45, 7) is 2.53. The number of nitrogens with one attached hydrogen (secondary N) is 1. The highest BCUT2D eigenvalue weighted by Crippen LogP contribution is 2.04. The van der Waals surface area contributed by atoms with E-state index in [1.807, 2.05) is 13.0 Å². The molecule has 0 spiro atoms. The van der Waals surface area contributed by atoms with Gasteiger partial charge in [-0.15, -0.1) is 0 Å². The summed E-state index contributed by atoms with van der Waals surface area (Å²) >= 11 is 0. The fraction of sp³-hybridized carbons (Fsp3) is 0.385. The Morgan fingerprint density at radius 1 is 1.50 bits per heavy atom. The Kier molecular flexibility index (Phi) is 4.78. The zero-order valence-electron chi connectivity index (χ0n) is 11.4. The first-order valence-electron chi connectivity index (χ1n) is 6.21. The van der Waals surface area contributed by atoms with E-state index in [2.05, 4.69) is 20.4 Å². The van der Waals surface area contributed by atoms with Crippen LogP contribution in [0.15, 0.2) is 22.9 Å². The molecule has 1 N–H and O–H groups in total. The molecule has 0 atom stereocenters. The van der Waals surface area contributed by atoms with Crippen molar-refractivity contribution < 1.29 is 14.1 Å². The minimum absolute atomic E-state index is 0.175. The van der Waals surface area contributed by atoms with Gasteiger partial charge in [-0.3, -0.25) is 9.78 Å². The minimum atomic E-state index is -0.264. The number of methoxy groups -OCH3 is 1. The summed E-state index contributed by atoms with van der Waals surface area (Å²) in [6, 6.07) is 3.61. The molecule has 20 heavy (non-hydrogen) atoms. The summed E-state index contributed by atoms with van der Waals surface area (Å²) in [5.74, 6) is 0.655. The van der Waals surface area contributed by atoms with Crippen LogP contribution in [0.4, 0.5) is 0 Å². The number of nitrogens with zero attached hydrogens (tertiary/aromatic N) is 3. The van der Waals surface area contributed by atoms with Gasteiger partial charge in [0.1, 0.15) is 5.69 Å². The quantitative estimate of drug-likeness (QED) is 0.842. The maximum Gasteiger partial charge on any atom is 0.270 e. The molecular weight excluding hydrogens is 260 g/mol. The van der Waals surface area contributed by atoms with Gasteiger partial charge in [-0.2, -0.15) is 4.98 Å². The number of ether oxygens (including phenoxy) is 1. The normalized spacial score (nSPS) is 10.5. The fourth-order valence-corrected chi connectivity index (χ4v) is 1.62. The highest BCUT2D eigenvalue weighted by molar-refractivity contribution is 5.93. The van der Waals surface area contributed by atoms with E-state index in [9.17, 15) is 4.79 Å². The molecule has 7 heteroatoms. The van der Waals surface area contributed by atoms with Gasteiger partial charge in [-0.25, -0.2) is 0 Å². The second-order valence-electron chi connectivity index (χ2n) is 4.20. The van der Waals surface area contributed by atoms with Gasteiger partial charge in [0.2, 0.25) is 5.89 Å². The van der Waals surface area contributed by atoms with E-state index in [4.69, 9.17) is 9.26 Å². The number of pyridine rings is 1. The second-order valence-corrected chi connectivity index (χ2v) is 4.20. The first-order chi connectivity index (χ1) is 9.70. The van der Waals surface area contributed by atoms with E-state index < -0.39 is 0 Å². The lowest BCUT2D eigenvalue weighted by molar-refractivity contribution is 0.0940. The van der Waals surface area contributed by atoms with Crippen molar-refractivity contribution in [3.63, 3.8) is 0 Å². The van der Waals surface area contributed by atoms with E-state index >= 15 is 0 Å². The molecule has 0 saturated carbocycles. The van der Waals surface area contributed by atoms with Crippen molar-refractivity contribution in [1.29, 1.82) is 0 Å². The van der Waals surface area contributed by atoms with Crippen LogP contribution in [0.25, 0.3) is 0 Å². The Labute approximate surface area is 116 Å². The summed E-state index contributed by atoms with van der Waals surface area (Å²) in [5, 5.41) is 6.49. The lowest BCUT2D eigenvalue weighted by atomic mass is 10.2. The first kappa shape index (κ1) is 14.1. The molecule has 0 bridgehead atoms. The molecule has 0 radical (unpaired) electrons. The van der Waals surface area contributed by atoms with Crippen LogP contribution in [-0.4, -0.2) is 34.7 Å². The molecule has 0 aliphatic carbocycles. The van der Waals surface area contributed by atoms with E-state index in [1.165, 1.54) is 0 Å². The van der Waals surface area contributed by atoms with Crippen LogP contribution >= 0.6 is 0 Å². The van der Waals surface area contributed by atoms with Crippen molar-refractivity contribution in [3.8, 4) is 0 Å². The summed E-state index contributed by atoms with van der Waals surface area (Å²) in [7, 11) is 1.61. The topological polar surface area (TPSA) is 90.1 Å². The van der Waals surface area contributed by atoms with Crippen LogP contribution < -0.4 is 5.32 Å². The SMILES string of the molecule is COCCc1noc(CNC(=O)c2ncccc2C)n1. The van der Waals surface area contributed by atoms with Crippen LogP contribution in [0.1, 0.15) is 27.8 Å². The molecule has 0 unspecified atom stereocenters. The van der Waals surface area contributed by atoms with E-state index in [0.29, 0.717) is 30.4 Å². The highest BCUT2D eigenvalue weighted by atomic mass is 16.5. The fourth-order valence-electron chi connectivity index (χ4n) is 1.62. The van der Waals surface area contributed by atoms with Crippen molar-refractivity contribution in [3.05, 3.63) is 41.3 Å². The van der Waals surface area contributed by atoms with Gasteiger partial charge >= 0.3 is 0 Å². The van der Waals surface area contributed by atoms with Crippen molar-refractivity contribution in [1.82, 2.24) is 20.4 Å².